The van der Waals surface area contributed by atoms with Gasteiger partial charge in [0.1, 0.15) is 0 Å². The normalized spacial score (nSPS) is 15.0. The lowest BCUT2D eigenvalue weighted by molar-refractivity contribution is -0.124. The molecule has 0 saturated heterocycles. The maximum Gasteiger partial charge on any atom is 0.223 e. The Bertz CT molecular complexity index is 1050. The van der Waals surface area contributed by atoms with Gasteiger partial charge in [0.05, 0.1) is 33.5 Å². The van der Waals surface area contributed by atoms with E-state index in [-0.39, 0.29) is 18.4 Å². The molecule has 33 heavy (non-hydrogen) atoms. The zero-order valence-corrected chi connectivity index (χ0v) is 21.5. The smallest absolute Gasteiger partial charge is 0.223 e. The summed E-state index contributed by atoms with van der Waals surface area (Å²) in [7, 11) is 0. The molecule has 0 spiro atoms. The Morgan fingerprint density at radius 2 is 1.97 bits per heavy atom. The molecule has 0 bridgehead atoms. The average Bonchev–Trinajstić information content (AvgIpc) is 3.49. The molecule has 0 radical (unpaired) electrons. The van der Waals surface area contributed by atoms with Crippen LogP contribution in [0.5, 0.6) is 0 Å². The molecule has 7 heteroatoms. The summed E-state index contributed by atoms with van der Waals surface area (Å²) in [4.78, 5) is 14.6. The van der Waals surface area contributed by atoms with E-state index in [4.69, 9.17) is 28.6 Å². The highest BCUT2D eigenvalue weighted by atomic mass is 35.5. The van der Waals surface area contributed by atoms with Crippen molar-refractivity contribution in [3.63, 3.8) is 0 Å². The van der Waals surface area contributed by atoms with E-state index in [0.29, 0.717) is 15.8 Å². The minimum absolute atomic E-state index is 0.0553. The van der Waals surface area contributed by atoms with E-state index in [0.717, 1.165) is 65.2 Å². The van der Waals surface area contributed by atoms with E-state index in [2.05, 4.69) is 41.8 Å². The molecule has 4 nitrogen and oxygen atoms in total. The fraction of sp³-hybridized carbons (Fsp3) is 0.385. The van der Waals surface area contributed by atoms with Crippen LogP contribution in [0.1, 0.15) is 62.1 Å². The Hall–Kier alpha value is -2.08. The largest absolute Gasteiger partial charge is 0.353 e. The number of thiophene rings is 1. The molecule has 1 amide bonds. The second kappa shape index (κ2) is 12.4. The minimum Gasteiger partial charge on any atom is -0.353 e. The first-order chi connectivity index (χ1) is 15.9. The quantitative estimate of drug-likeness (QED) is 0.287. The molecule has 1 aromatic carbocycles. The number of carbonyl (C=O) groups excluding carboxylic acids is 1. The molecule has 0 atom stereocenters. The maximum absolute atomic E-state index is 12.4. The fourth-order valence-electron chi connectivity index (χ4n) is 3.80. The first-order valence-electron chi connectivity index (χ1n) is 11.4. The first kappa shape index (κ1) is 25.5. The fourth-order valence-corrected chi connectivity index (χ4v) is 5.25. The van der Waals surface area contributed by atoms with Crippen LogP contribution >= 0.6 is 34.5 Å². The average molecular weight is 505 g/mol. The molecular weight excluding hydrogens is 473 g/mol. The Labute approximate surface area is 210 Å². The van der Waals surface area contributed by atoms with Crippen molar-refractivity contribution in [3.05, 3.63) is 61.8 Å². The number of benzene rings is 1. The van der Waals surface area contributed by atoms with Crippen molar-refractivity contribution in [1.82, 2.24) is 5.32 Å². The molecular formula is C26H31Cl2N3OS. The standard InChI is InChI=1S/C26H31Cl2N3OS/c1-3-4-5-10-20-12-14-24(33-20)25(31-23-13-11-19(27)15-21(23)28)17(2)22(29)16-30-26(32)18-8-6-7-9-18/h5,10-15,18,29,31H,3-4,6-9,16H2,1-2H3,(H,30,32)/b10-5+,25-17-,29-22?. The van der Waals surface area contributed by atoms with Crippen LogP contribution in [0, 0.1) is 11.3 Å². The summed E-state index contributed by atoms with van der Waals surface area (Å²) in [5.74, 6) is 0.141. The molecule has 1 aliphatic carbocycles. The number of allylic oxidation sites excluding steroid dienone is 1. The van der Waals surface area contributed by atoms with Gasteiger partial charge in [-0.15, -0.1) is 11.3 Å². The van der Waals surface area contributed by atoms with Crippen LogP contribution in [0.2, 0.25) is 10.0 Å². The number of anilines is 1. The first-order valence-corrected chi connectivity index (χ1v) is 13.0. The van der Waals surface area contributed by atoms with Crippen molar-refractivity contribution in [2.75, 3.05) is 11.9 Å². The SMILES string of the molecule is CCC/C=C/c1ccc(/C(Nc2ccc(Cl)cc2Cl)=C(\C)C(=N)CNC(=O)C2CCCC2)s1. The molecule has 3 N–H and O–H groups in total. The molecule has 176 valence electrons. The van der Waals surface area contributed by atoms with Crippen LogP contribution in [0.25, 0.3) is 11.8 Å². The number of hydrogen-bond acceptors (Lipinski definition) is 4. The van der Waals surface area contributed by atoms with E-state index in [9.17, 15) is 4.79 Å². The van der Waals surface area contributed by atoms with Gasteiger partial charge in [-0.2, -0.15) is 0 Å². The molecule has 1 fully saturated rings. The summed E-state index contributed by atoms with van der Waals surface area (Å²) in [6, 6.07) is 9.44. The van der Waals surface area contributed by atoms with Gasteiger partial charge in [0.15, 0.2) is 0 Å². The monoisotopic (exact) mass is 503 g/mol. The second-order valence-electron chi connectivity index (χ2n) is 8.32. The highest BCUT2D eigenvalue weighted by Gasteiger charge is 2.23. The van der Waals surface area contributed by atoms with Gasteiger partial charge in [-0.05, 0) is 68.2 Å². The summed E-state index contributed by atoms with van der Waals surface area (Å²) >= 11 is 14.1. The molecule has 0 aliphatic heterocycles. The molecule has 3 rings (SSSR count). The van der Waals surface area contributed by atoms with Gasteiger partial charge >= 0.3 is 0 Å². The third kappa shape index (κ3) is 7.20. The minimum atomic E-state index is 0.0553. The number of rotatable bonds is 10. The van der Waals surface area contributed by atoms with Gasteiger partial charge in [-0.25, -0.2) is 0 Å². The Balaban J connectivity index is 1.85. The third-order valence-electron chi connectivity index (χ3n) is 5.79. The molecule has 2 aromatic rings. The van der Waals surface area contributed by atoms with Gasteiger partial charge in [0.2, 0.25) is 5.91 Å². The maximum atomic E-state index is 12.4. The lowest BCUT2D eigenvalue weighted by Gasteiger charge is -2.17. The van der Waals surface area contributed by atoms with Gasteiger partial charge in [-0.1, -0.05) is 55.5 Å². The molecule has 0 unspecified atom stereocenters. The van der Waals surface area contributed by atoms with E-state index in [1.54, 1.807) is 23.5 Å². The summed E-state index contributed by atoms with van der Waals surface area (Å²) in [5.41, 5.74) is 2.65. The summed E-state index contributed by atoms with van der Waals surface area (Å²) in [6.45, 7) is 4.27. The lowest BCUT2D eigenvalue weighted by Crippen LogP contribution is -2.34. The van der Waals surface area contributed by atoms with Crippen molar-refractivity contribution in [3.8, 4) is 0 Å². The van der Waals surface area contributed by atoms with Gasteiger partial charge < -0.3 is 16.0 Å². The molecule has 1 aromatic heterocycles. The van der Waals surface area contributed by atoms with Crippen LogP contribution in [-0.2, 0) is 4.79 Å². The number of unbranched alkanes of at least 4 members (excludes halogenated alkanes) is 1. The van der Waals surface area contributed by atoms with Crippen LogP contribution in [0.3, 0.4) is 0 Å². The van der Waals surface area contributed by atoms with Crippen molar-refractivity contribution in [2.45, 2.75) is 52.4 Å². The topological polar surface area (TPSA) is 65.0 Å². The van der Waals surface area contributed by atoms with E-state index >= 15 is 0 Å². The predicted octanol–water partition coefficient (Wildman–Crippen LogP) is 8.04. The van der Waals surface area contributed by atoms with Crippen molar-refractivity contribution in [1.29, 1.82) is 5.41 Å². The van der Waals surface area contributed by atoms with E-state index in [1.165, 1.54) is 0 Å². The highest BCUT2D eigenvalue weighted by molar-refractivity contribution is 7.14. The molecule has 1 heterocycles. The van der Waals surface area contributed by atoms with Crippen LogP contribution in [0.15, 0.2) is 42.0 Å². The van der Waals surface area contributed by atoms with Crippen LogP contribution < -0.4 is 10.6 Å². The number of halogens is 2. The number of hydrogen-bond donors (Lipinski definition) is 3. The third-order valence-corrected chi connectivity index (χ3v) is 7.41. The van der Waals surface area contributed by atoms with E-state index in [1.807, 2.05) is 13.0 Å². The predicted molar refractivity (Wildman–Crippen MR) is 144 cm³/mol. The highest BCUT2D eigenvalue weighted by Crippen LogP contribution is 2.33. The second-order valence-corrected chi connectivity index (χ2v) is 10.3. The zero-order valence-electron chi connectivity index (χ0n) is 19.1. The summed E-state index contributed by atoms with van der Waals surface area (Å²) in [5, 5.41) is 16.1. The van der Waals surface area contributed by atoms with Crippen molar-refractivity contribution in [2.24, 2.45) is 5.92 Å². The van der Waals surface area contributed by atoms with Crippen molar-refractivity contribution < 1.29 is 4.79 Å². The lowest BCUT2D eigenvalue weighted by atomic mass is 10.1. The summed E-state index contributed by atoms with van der Waals surface area (Å²) in [6.07, 6.45) is 10.6. The molecule has 1 aliphatic rings. The van der Waals surface area contributed by atoms with E-state index < -0.39 is 0 Å². The summed E-state index contributed by atoms with van der Waals surface area (Å²) < 4.78 is 0. The number of nitrogens with one attached hydrogen (secondary N) is 3. The Morgan fingerprint density at radius 1 is 1.21 bits per heavy atom. The van der Waals surface area contributed by atoms with Gasteiger partial charge in [-0.3, -0.25) is 4.79 Å². The van der Waals surface area contributed by atoms with Crippen LogP contribution in [0.4, 0.5) is 5.69 Å². The molecule has 1 saturated carbocycles. The Morgan fingerprint density at radius 3 is 2.67 bits per heavy atom. The van der Waals surface area contributed by atoms with Gasteiger partial charge in [0.25, 0.3) is 0 Å². The Kier molecular flexibility index (Phi) is 9.60. The number of carbonyl (C=O) groups is 1. The zero-order chi connectivity index (χ0) is 23.8. The van der Waals surface area contributed by atoms with Crippen molar-refractivity contribution >= 4 is 63.6 Å². The van der Waals surface area contributed by atoms with Gasteiger partial charge in [0, 0.05) is 15.8 Å². The number of amides is 1. The van der Waals surface area contributed by atoms with Crippen LogP contribution in [-0.4, -0.2) is 18.2 Å².